The number of rotatable bonds is 3. The molecule has 9 heteroatoms. The number of oxime groups is 1. The van der Waals surface area contributed by atoms with Gasteiger partial charge in [-0.05, 0) is 18.2 Å². The maximum Gasteiger partial charge on any atom is 0.389 e. The van der Waals surface area contributed by atoms with Gasteiger partial charge in [0.15, 0.2) is 11.5 Å². The molecule has 0 radical (unpaired) electrons. The molecule has 1 saturated heterocycles. The molecule has 0 bridgehead atoms. The average Bonchev–Trinajstić information content (AvgIpc) is 3.26. The third kappa shape index (κ3) is 3.81. The maximum absolute atomic E-state index is 12.3. The van der Waals surface area contributed by atoms with Crippen LogP contribution in [0.15, 0.2) is 23.4 Å². The van der Waals surface area contributed by atoms with E-state index in [1.807, 2.05) is 18.2 Å². The zero-order valence-electron chi connectivity index (χ0n) is 14.6. The van der Waals surface area contributed by atoms with E-state index in [0.717, 1.165) is 11.3 Å². The van der Waals surface area contributed by atoms with Gasteiger partial charge in [-0.3, -0.25) is 4.79 Å². The number of benzene rings is 1. The summed E-state index contributed by atoms with van der Waals surface area (Å²) in [6.45, 7) is 0.950. The number of carbonyl (C=O) groups is 1. The summed E-state index contributed by atoms with van der Waals surface area (Å²) in [5.41, 5.74) is 1.19. The van der Waals surface area contributed by atoms with Crippen molar-refractivity contribution in [3.05, 3.63) is 23.8 Å². The summed E-state index contributed by atoms with van der Waals surface area (Å²) < 4.78 is 47.5. The van der Waals surface area contributed by atoms with Crippen LogP contribution in [0.25, 0.3) is 0 Å². The van der Waals surface area contributed by atoms with E-state index >= 15 is 0 Å². The van der Waals surface area contributed by atoms with Gasteiger partial charge in [-0.15, -0.1) is 0 Å². The molecule has 0 atom stereocenters. The highest BCUT2D eigenvalue weighted by atomic mass is 19.4. The van der Waals surface area contributed by atoms with Crippen molar-refractivity contribution < 1.29 is 32.3 Å². The lowest BCUT2D eigenvalue weighted by Crippen LogP contribution is -2.47. The predicted octanol–water partition coefficient (Wildman–Crippen LogP) is 3.24. The van der Waals surface area contributed by atoms with Gasteiger partial charge >= 0.3 is 6.18 Å². The topological polar surface area (TPSA) is 60.4 Å². The van der Waals surface area contributed by atoms with Crippen molar-refractivity contribution >= 4 is 11.6 Å². The lowest BCUT2D eigenvalue weighted by molar-refractivity contribution is -0.152. The fourth-order valence-corrected chi connectivity index (χ4v) is 3.59. The lowest BCUT2D eigenvalue weighted by atomic mass is 9.85. The molecule has 3 heterocycles. The van der Waals surface area contributed by atoms with Gasteiger partial charge in [0.05, 0.1) is 12.1 Å². The van der Waals surface area contributed by atoms with E-state index in [9.17, 15) is 18.0 Å². The summed E-state index contributed by atoms with van der Waals surface area (Å²) in [4.78, 5) is 19.2. The SMILES string of the molecule is O=C(CCC(F)(F)F)N1CCC2(CC1)CC(c1ccc3c(c1)OCO3)=NO2. The second-order valence-corrected chi connectivity index (χ2v) is 7.05. The standard InChI is InChI=1S/C18H19F3N2O4/c19-18(20,21)4-3-16(24)23-7-5-17(6-8-23)10-13(22-27-17)12-1-2-14-15(9-12)26-11-25-14/h1-2,9H,3-8,10-11H2. The van der Waals surface area contributed by atoms with Crippen molar-refractivity contribution in [3.8, 4) is 11.5 Å². The van der Waals surface area contributed by atoms with Gasteiger partial charge in [-0.25, -0.2) is 0 Å². The van der Waals surface area contributed by atoms with Gasteiger partial charge in [-0.2, -0.15) is 13.2 Å². The fourth-order valence-electron chi connectivity index (χ4n) is 3.59. The number of hydrogen-bond acceptors (Lipinski definition) is 5. The van der Waals surface area contributed by atoms with Crippen LogP contribution in [0.3, 0.4) is 0 Å². The first-order valence-electron chi connectivity index (χ1n) is 8.83. The first-order valence-corrected chi connectivity index (χ1v) is 8.83. The van der Waals surface area contributed by atoms with Crippen LogP contribution in [0.5, 0.6) is 11.5 Å². The smallest absolute Gasteiger partial charge is 0.389 e. The Morgan fingerprint density at radius 3 is 2.67 bits per heavy atom. The van der Waals surface area contributed by atoms with Crippen molar-refractivity contribution in [1.29, 1.82) is 0 Å². The van der Waals surface area contributed by atoms with Crippen molar-refractivity contribution in [2.75, 3.05) is 19.9 Å². The Kier molecular flexibility index (Phi) is 4.39. The number of fused-ring (bicyclic) bond motifs is 1. The molecule has 1 spiro atoms. The largest absolute Gasteiger partial charge is 0.454 e. The summed E-state index contributed by atoms with van der Waals surface area (Å²) in [5, 5.41) is 4.21. The summed E-state index contributed by atoms with van der Waals surface area (Å²) in [6.07, 6.45) is -4.21. The monoisotopic (exact) mass is 384 g/mol. The zero-order valence-corrected chi connectivity index (χ0v) is 14.6. The number of carbonyl (C=O) groups excluding carboxylic acids is 1. The Morgan fingerprint density at radius 1 is 1.19 bits per heavy atom. The van der Waals surface area contributed by atoms with E-state index in [1.54, 1.807) is 0 Å². The Hall–Kier alpha value is -2.45. The lowest BCUT2D eigenvalue weighted by Gasteiger charge is -2.37. The molecule has 1 fully saturated rings. The molecule has 146 valence electrons. The van der Waals surface area contributed by atoms with E-state index in [0.29, 0.717) is 43.9 Å². The predicted molar refractivity (Wildman–Crippen MR) is 88.6 cm³/mol. The van der Waals surface area contributed by atoms with Crippen molar-refractivity contribution in [3.63, 3.8) is 0 Å². The average molecular weight is 384 g/mol. The highest BCUT2D eigenvalue weighted by molar-refractivity contribution is 6.02. The Balaban J connectivity index is 1.33. The molecule has 4 rings (SSSR count). The third-order valence-electron chi connectivity index (χ3n) is 5.19. The number of halogens is 3. The number of likely N-dealkylation sites (tertiary alicyclic amines) is 1. The molecule has 0 unspecified atom stereocenters. The van der Waals surface area contributed by atoms with Crippen LogP contribution >= 0.6 is 0 Å². The molecular formula is C18H19F3N2O4. The quantitative estimate of drug-likeness (QED) is 0.803. The van der Waals surface area contributed by atoms with Crippen molar-refractivity contribution in [1.82, 2.24) is 4.90 Å². The van der Waals surface area contributed by atoms with Gasteiger partial charge in [-0.1, -0.05) is 5.16 Å². The number of ether oxygens (including phenoxy) is 2. The molecule has 3 aliphatic heterocycles. The van der Waals surface area contributed by atoms with E-state index < -0.39 is 30.5 Å². The number of nitrogens with zero attached hydrogens (tertiary/aromatic N) is 2. The molecular weight excluding hydrogens is 365 g/mol. The molecule has 6 nitrogen and oxygen atoms in total. The van der Waals surface area contributed by atoms with Crippen LogP contribution in [-0.4, -0.2) is 48.2 Å². The van der Waals surface area contributed by atoms with Gasteiger partial charge < -0.3 is 19.2 Å². The van der Waals surface area contributed by atoms with Crippen LogP contribution in [-0.2, 0) is 9.63 Å². The minimum atomic E-state index is -4.31. The first kappa shape index (κ1) is 17.9. The molecule has 27 heavy (non-hydrogen) atoms. The molecule has 0 aliphatic carbocycles. The number of amides is 1. The van der Waals surface area contributed by atoms with Crippen LogP contribution in [0, 0.1) is 0 Å². The van der Waals surface area contributed by atoms with Crippen LogP contribution in [0.4, 0.5) is 13.2 Å². The van der Waals surface area contributed by atoms with Crippen LogP contribution in [0.2, 0.25) is 0 Å². The number of piperidine rings is 1. The summed E-state index contributed by atoms with van der Waals surface area (Å²) >= 11 is 0. The summed E-state index contributed by atoms with van der Waals surface area (Å²) in [7, 11) is 0. The van der Waals surface area contributed by atoms with E-state index in [4.69, 9.17) is 14.3 Å². The Labute approximate surface area is 153 Å². The van der Waals surface area contributed by atoms with Gasteiger partial charge in [0, 0.05) is 44.3 Å². The maximum atomic E-state index is 12.3. The number of hydrogen-bond donors (Lipinski definition) is 0. The van der Waals surface area contributed by atoms with Crippen molar-refractivity contribution in [2.45, 2.75) is 43.9 Å². The zero-order chi connectivity index (χ0) is 19.1. The molecule has 0 N–H and O–H groups in total. The number of alkyl halides is 3. The molecule has 0 saturated carbocycles. The Bertz CT molecular complexity index is 770. The van der Waals surface area contributed by atoms with Gasteiger partial charge in [0.25, 0.3) is 0 Å². The van der Waals surface area contributed by atoms with Gasteiger partial charge in [0.2, 0.25) is 12.7 Å². The van der Waals surface area contributed by atoms with Gasteiger partial charge in [0.1, 0.15) is 5.60 Å². The van der Waals surface area contributed by atoms with Crippen LogP contribution < -0.4 is 9.47 Å². The summed E-state index contributed by atoms with van der Waals surface area (Å²) in [5.74, 6) is 0.900. The summed E-state index contributed by atoms with van der Waals surface area (Å²) in [6, 6.07) is 5.58. The molecule has 1 aromatic carbocycles. The van der Waals surface area contributed by atoms with E-state index in [2.05, 4.69) is 5.16 Å². The second kappa shape index (κ2) is 6.61. The van der Waals surface area contributed by atoms with Crippen molar-refractivity contribution in [2.24, 2.45) is 5.16 Å². The van der Waals surface area contributed by atoms with E-state index in [-0.39, 0.29) is 6.79 Å². The first-order chi connectivity index (χ1) is 12.8. The minimum absolute atomic E-state index is 0.198. The fraction of sp³-hybridized carbons (Fsp3) is 0.556. The van der Waals surface area contributed by atoms with Crippen LogP contribution in [0.1, 0.15) is 37.7 Å². The Morgan fingerprint density at radius 2 is 1.93 bits per heavy atom. The molecule has 1 aromatic rings. The molecule has 3 aliphatic rings. The third-order valence-corrected chi connectivity index (χ3v) is 5.19. The van der Waals surface area contributed by atoms with E-state index in [1.165, 1.54) is 4.90 Å². The highest BCUT2D eigenvalue weighted by Crippen LogP contribution is 2.39. The highest BCUT2D eigenvalue weighted by Gasteiger charge is 2.43. The molecule has 1 amide bonds. The minimum Gasteiger partial charge on any atom is -0.454 e. The molecule has 0 aromatic heterocycles. The normalized spacial score (nSPS) is 20.6. The second-order valence-electron chi connectivity index (χ2n) is 7.05.